The number of carbonyl (C=O) groups is 2. The normalized spacial score (nSPS) is 18.5. The Bertz CT molecular complexity index is 623. The fourth-order valence-corrected chi connectivity index (χ4v) is 3.19. The largest absolute Gasteiger partial charge is 0.465 e. The maximum atomic E-state index is 12.2. The average Bonchev–Trinajstić information content (AvgIpc) is 3.02. The van der Waals surface area contributed by atoms with E-state index in [2.05, 4.69) is 6.92 Å². The predicted octanol–water partition coefficient (Wildman–Crippen LogP) is 3.11. The fourth-order valence-electron chi connectivity index (χ4n) is 3.19. The molecule has 2 atom stereocenters. The van der Waals surface area contributed by atoms with Gasteiger partial charge in [0.15, 0.2) is 0 Å². The monoisotopic (exact) mass is 359 g/mol. The van der Waals surface area contributed by atoms with Crippen molar-refractivity contribution in [1.82, 2.24) is 4.90 Å². The summed E-state index contributed by atoms with van der Waals surface area (Å²) in [7, 11) is 1.36. The number of ether oxygens (including phenoxy) is 1. The van der Waals surface area contributed by atoms with E-state index < -0.39 is 6.10 Å². The number of unbranched alkanes of at least 4 members (excludes halogenated alkanes) is 1. The second kappa shape index (κ2) is 10.1. The summed E-state index contributed by atoms with van der Waals surface area (Å²) in [6, 6.07) is 7.34. The summed E-state index contributed by atoms with van der Waals surface area (Å²) in [4.78, 5) is 25.5. The number of methoxy groups -OCH3 is 1. The van der Waals surface area contributed by atoms with Crippen LogP contribution >= 0.6 is 0 Å². The average molecular weight is 359 g/mol. The first-order chi connectivity index (χ1) is 12.5. The zero-order valence-corrected chi connectivity index (χ0v) is 15.7. The number of esters is 1. The van der Waals surface area contributed by atoms with Crippen molar-refractivity contribution < 1.29 is 19.4 Å². The smallest absolute Gasteiger partial charge is 0.337 e. The van der Waals surface area contributed by atoms with Crippen molar-refractivity contribution in [2.24, 2.45) is 0 Å². The molecule has 1 saturated heterocycles. The standard InChI is InChI=1S/C21H29NO4/c1-3-4-5-19(23)12-10-18-11-13-20(24)22(18)15-14-16-6-8-17(9-7-16)21(25)26-2/h6-10,12,18-19,23H,3-5,11,13-15H2,1-2H3/b12-10+/t18-,19-/m0/s1. The van der Waals surface area contributed by atoms with Gasteiger partial charge in [0, 0.05) is 13.0 Å². The highest BCUT2D eigenvalue weighted by Crippen LogP contribution is 2.21. The first-order valence-electron chi connectivity index (χ1n) is 9.38. The lowest BCUT2D eigenvalue weighted by molar-refractivity contribution is -0.128. The number of benzene rings is 1. The molecule has 0 aromatic heterocycles. The minimum atomic E-state index is -0.432. The summed E-state index contributed by atoms with van der Waals surface area (Å²) in [5, 5.41) is 9.96. The molecule has 1 aromatic carbocycles. The van der Waals surface area contributed by atoms with Crippen LogP contribution in [0.2, 0.25) is 0 Å². The zero-order chi connectivity index (χ0) is 18.9. The van der Waals surface area contributed by atoms with Gasteiger partial charge in [0.05, 0.1) is 24.8 Å². The molecule has 0 bridgehead atoms. The quantitative estimate of drug-likeness (QED) is 0.543. The Hall–Kier alpha value is -2.14. The number of rotatable bonds is 9. The van der Waals surface area contributed by atoms with E-state index >= 15 is 0 Å². The van der Waals surface area contributed by atoms with E-state index in [-0.39, 0.29) is 17.9 Å². The topological polar surface area (TPSA) is 66.8 Å². The summed E-state index contributed by atoms with van der Waals surface area (Å²) < 4.78 is 4.70. The molecule has 5 nitrogen and oxygen atoms in total. The van der Waals surface area contributed by atoms with E-state index in [1.165, 1.54) is 7.11 Å². The number of hydrogen-bond acceptors (Lipinski definition) is 4. The van der Waals surface area contributed by atoms with E-state index in [1.807, 2.05) is 29.2 Å². The number of aliphatic hydroxyl groups is 1. The van der Waals surface area contributed by atoms with Gasteiger partial charge in [0.25, 0.3) is 0 Å². The van der Waals surface area contributed by atoms with Gasteiger partial charge in [0.2, 0.25) is 5.91 Å². The Kier molecular flexibility index (Phi) is 7.85. The molecular weight excluding hydrogens is 330 g/mol. The molecule has 1 aliphatic rings. The minimum absolute atomic E-state index is 0.0631. The van der Waals surface area contributed by atoms with Crippen molar-refractivity contribution in [2.45, 2.75) is 57.6 Å². The van der Waals surface area contributed by atoms with Gasteiger partial charge in [-0.3, -0.25) is 4.79 Å². The molecule has 0 spiro atoms. The van der Waals surface area contributed by atoms with Crippen LogP contribution in [-0.4, -0.2) is 47.7 Å². The van der Waals surface area contributed by atoms with Gasteiger partial charge in [-0.05, 0) is 37.0 Å². The van der Waals surface area contributed by atoms with Crippen molar-refractivity contribution in [2.75, 3.05) is 13.7 Å². The molecule has 0 unspecified atom stereocenters. The Labute approximate surface area is 155 Å². The van der Waals surface area contributed by atoms with E-state index in [0.717, 1.165) is 37.7 Å². The van der Waals surface area contributed by atoms with Gasteiger partial charge < -0.3 is 14.7 Å². The van der Waals surface area contributed by atoms with E-state index in [9.17, 15) is 14.7 Å². The molecule has 26 heavy (non-hydrogen) atoms. The van der Waals surface area contributed by atoms with Crippen molar-refractivity contribution in [3.05, 3.63) is 47.5 Å². The molecule has 0 aliphatic carbocycles. The summed E-state index contributed by atoms with van der Waals surface area (Å²) in [5.74, 6) is -0.188. The van der Waals surface area contributed by atoms with Gasteiger partial charge in [0.1, 0.15) is 0 Å². The number of aliphatic hydroxyl groups excluding tert-OH is 1. The van der Waals surface area contributed by atoms with Crippen LogP contribution in [0.15, 0.2) is 36.4 Å². The molecule has 2 rings (SSSR count). The van der Waals surface area contributed by atoms with Crippen LogP contribution in [0.1, 0.15) is 54.9 Å². The molecule has 0 radical (unpaired) electrons. The number of hydrogen-bond donors (Lipinski definition) is 1. The van der Waals surface area contributed by atoms with Crippen LogP contribution < -0.4 is 0 Å². The molecule has 1 aromatic rings. The van der Waals surface area contributed by atoms with Crippen LogP contribution in [0.5, 0.6) is 0 Å². The van der Waals surface area contributed by atoms with Gasteiger partial charge >= 0.3 is 5.97 Å². The number of likely N-dealkylation sites (tertiary alicyclic amines) is 1. The summed E-state index contributed by atoms with van der Waals surface area (Å²) in [6.07, 6.45) is 8.30. The maximum absolute atomic E-state index is 12.2. The molecule has 1 heterocycles. The minimum Gasteiger partial charge on any atom is -0.465 e. The van der Waals surface area contributed by atoms with Crippen LogP contribution in [0.3, 0.4) is 0 Å². The van der Waals surface area contributed by atoms with Crippen molar-refractivity contribution in [3.8, 4) is 0 Å². The Balaban J connectivity index is 1.90. The van der Waals surface area contributed by atoms with Crippen molar-refractivity contribution in [1.29, 1.82) is 0 Å². The van der Waals surface area contributed by atoms with Crippen molar-refractivity contribution >= 4 is 11.9 Å². The molecular formula is C21H29NO4. The highest BCUT2D eigenvalue weighted by molar-refractivity contribution is 5.89. The molecule has 1 aliphatic heterocycles. The van der Waals surface area contributed by atoms with Crippen LogP contribution in [0.25, 0.3) is 0 Å². The molecule has 142 valence electrons. The number of nitrogens with zero attached hydrogens (tertiary/aromatic N) is 1. The zero-order valence-electron chi connectivity index (χ0n) is 15.7. The molecule has 1 N–H and O–H groups in total. The van der Waals surface area contributed by atoms with Crippen LogP contribution in [-0.2, 0) is 16.0 Å². The van der Waals surface area contributed by atoms with E-state index in [1.54, 1.807) is 12.1 Å². The fraction of sp³-hybridized carbons (Fsp3) is 0.524. The summed E-state index contributed by atoms with van der Waals surface area (Å²) >= 11 is 0. The van der Waals surface area contributed by atoms with Gasteiger partial charge in [-0.15, -0.1) is 0 Å². The highest BCUT2D eigenvalue weighted by atomic mass is 16.5. The van der Waals surface area contributed by atoms with Gasteiger partial charge in [-0.1, -0.05) is 44.1 Å². The van der Waals surface area contributed by atoms with Gasteiger partial charge in [-0.25, -0.2) is 4.79 Å². The predicted molar refractivity (Wildman–Crippen MR) is 101 cm³/mol. The third-order valence-corrected chi connectivity index (χ3v) is 4.80. The molecule has 0 saturated carbocycles. The van der Waals surface area contributed by atoms with Crippen molar-refractivity contribution in [3.63, 3.8) is 0 Å². The van der Waals surface area contributed by atoms with E-state index in [4.69, 9.17) is 4.74 Å². The van der Waals surface area contributed by atoms with Gasteiger partial charge in [-0.2, -0.15) is 0 Å². The second-order valence-corrected chi connectivity index (χ2v) is 6.73. The first-order valence-corrected chi connectivity index (χ1v) is 9.38. The molecule has 1 fully saturated rings. The molecule has 5 heteroatoms. The third-order valence-electron chi connectivity index (χ3n) is 4.80. The first kappa shape index (κ1) is 20.2. The third kappa shape index (κ3) is 5.70. The SMILES string of the molecule is CCCC[C@H](O)/C=C/[C@H]1CCC(=O)N1CCc1ccc(C(=O)OC)cc1. The maximum Gasteiger partial charge on any atom is 0.337 e. The van der Waals surface area contributed by atoms with Crippen LogP contribution in [0.4, 0.5) is 0 Å². The second-order valence-electron chi connectivity index (χ2n) is 6.73. The Morgan fingerprint density at radius 3 is 2.77 bits per heavy atom. The Morgan fingerprint density at radius 2 is 2.12 bits per heavy atom. The lowest BCUT2D eigenvalue weighted by Gasteiger charge is -2.23. The number of carbonyl (C=O) groups excluding carboxylic acids is 2. The summed E-state index contributed by atoms with van der Waals surface area (Å²) in [6.45, 7) is 2.74. The van der Waals surface area contributed by atoms with Crippen LogP contribution in [0, 0.1) is 0 Å². The van der Waals surface area contributed by atoms with E-state index in [0.29, 0.717) is 18.5 Å². The Morgan fingerprint density at radius 1 is 1.38 bits per heavy atom. The molecule has 1 amide bonds. The lowest BCUT2D eigenvalue weighted by Crippen LogP contribution is -2.33. The lowest BCUT2D eigenvalue weighted by atomic mass is 10.1. The number of amides is 1. The highest BCUT2D eigenvalue weighted by Gasteiger charge is 2.28. The summed E-state index contributed by atoms with van der Waals surface area (Å²) in [5.41, 5.74) is 1.60.